The van der Waals surface area contributed by atoms with Crippen LogP contribution in [0.4, 0.5) is 11.9 Å². The Kier molecular flexibility index (Phi) is 4.81. The number of fused-ring (bicyclic) bond motifs is 1. The van der Waals surface area contributed by atoms with Crippen molar-refractivity contribution < 1.29 is 9.47 Å². The Bertz CT molecular complexity index is 967. The van der Waals surface area contributed by atoms with E-state index in [0.717, 1.165) is 18.4 Å². The fraction of sp³-hybridized carbons (Fsp3) is 0.333. The maximum atomic E-state index is 5.89. The molecule has 1 aromatic heterocycles. The molecule has 4 rings (SSSR count). The third-order valence-corrected chi connectivity index (χ3v) is 5.29. The highest BCUT2D eigenvalue weighted by atomic mass is 16.5. The van der Waals surface area contributed by atoms with Crippen LogP contribution >= 0.6 is 0 Å². The second-order valence-electron chi connectivity index (χ2n) is 6.90. The molecule has 2 atom stereocenters. The molecule has 2 unspecified atom stereocenters. The minimum absolute atomic E-state index is 0.0169. The predicted octanol–water partition coefficient (Wildman–Crippen LogP) is 3.59. The lowest BCUT2D eigenvalue weighted by Gasteiger charge is -2.32. The third-order valence-electron chi connectivity index (χ3n) is 5.29. The van der Waals surface area contributed by atoms with E-state index in [1.165, 1.54) is 11.1 Å². The standard InChI is InChI=1S/C21H25N5O2/c1-4-13-5-7-14(8-6-13)16-12-17(26-21(23-16)24-20(22)25-26)15-9-10-18(27-2)19(11-15)28-3/h5-11,16-17H,4,12H2,1-3H3,(H3,22,23,24,25). The van der Waals surface area contributed by atoms with E-state index in [2.05, 4.69) is 46.6 Å². The second-order valence-corrected chi connectivity index (χ2v) is 6.90. The molecule has 0 amide bonds. The molecule has 7 nitrogen and oxygen atoms in total. The van der Waals surface area contributed by atoms with E-state index in [4.69, 9.17) is 15.2 Å². The van der Waals surface area contributed by atoms with E-state index in [1.54, 1.807) is 14.2 Å². The van der Waals surface area contributed by atoms with E-state index in [9.17, 15) is 0 Å². The molecular formula is C21H25N5O2. The van der Waals surface area contributed by atoms with Crippen LogP contribution in [0.3, 0.4) is 0 Å². The number of ether oxygens (including phenoxy) is 2. The number of benzene rings is 2. The summed E-state index contributed by atoms with van der Waals surface area (Å²) in [6.07, 6.45) is 1.84. The molecule has 0 bridgehead atoms. The van der Waals surface area contributed by atoms with Crippen molar-refractivity contribution in [2.24, 2.45) is 0 Å². The number of rotatable bonds is 5. The van der Waals surface area contributed by atoms with Gasteiger partial charge in [0.25, 0.3) is 0 Å². The fourth-order valence-corrected chi connectivity index (χ4v) is 3.74. The highest BCUT2D eigenvalue weighted by molar-refractivity contribution is 5.47. The maximum Gasteiger partial charge on any atom is 0.241 e. The van der Waals surface area contributed by atoms with Crippen molar-refractivity contribution >= 4 is 11.9 Å². The summed E-state index contributed by atoms with van der Waals surface area (Å²) >= 11 is 0. The molecule has 3 N–H and O–H groups in total. The molecule has 0 fully saturated rings. The van der Waals surface area contributed by atoms with Gasteiger partial charge in [-0.05, 0) is 41.7 Å². The Hall–Kier alpha value is -3.22. The lowest BCUT2D eigenvalue weighted by molar-refractivity contribution is 0.352. The van der Waals surface area contributed by atoms with Gasteiger partial charge in [0, 0.05) is 0 Å². The van der Waals surface area contributed by atoms with Crippen LogP contribution < -0.4 is 20.5 Å². The Morgan fingerprint density at radius 1 is 1.07 bits per heavy atom. The molecule has 0 aliphatic carbocycles. The van der Waals surface area contributed by atoms with Gasteiger partial charge in [-0.25, -0.2) is 4.68 Å². The van der Waals surface area contributed by atoms with E-state index in [1.807, 2.05) is 22.9 Å². The summed E-state index contributed by atoms with van der Waals surface area (Å²) in [6, 6.07) is 14.8. The summed E-state index contributed by atoms with van der Waals surface area (Å²) in [5.41, 5.74) is 9.51. The first-order valence-electron chi connectivity index (χ1n) is 9.42. The van der Waals surface area contributed by atoms with Gasteiger partial charge in [0.15, 0.2) is 11.5 Å². The Labute approximate surface area is 164 Å². The van der Waals surface area contributed by atoms with Gasteiger partial charge in [-0.3, -0.25) is 0 Å². The van der Waals surface area contributed by atoms with Crippen LogP contribution in [0.15, 0.2) is 42.5 Å². The van der Waals surface area contributed by atoms with Crippen molar-refractivity contribution in [3.8, 4) is 11.5 Å². The number of methoxy groups -OCH3 is 2. The molecule has 0 radical (unpaired) electrons. The van der Waals surface area contributed by atoms with Crippen molar-refractivity contribution in [1.82, 2.24) is 14.8 Å². The number of nitrogens with two attached hydrogens (primary N) is 1. The normalized spacial score (nSPS) is 18.2. The summed E-state index contributed by atoms with van der Waals surface area (Å²) in [6.45, 7) is 2.16. The second kappa shape index (κ2) is 7.42. The van der Waals surface area contributed by atoms with Gasteiger partial charge in [0.1, 0.15) is 0 Å². The molecule has 7 heteroatoms. The van der Waals surface area contributed by atoms with E-state index in [0.29, 0.717) is 17.4 Å². The predicted molar refractivity (Wildman–Crippen MR) is 109 cm³/mol. The summed E-state index contributed by atoms with van der Waals surface area (Å²) in [4.78, 5) is 4.38. The maximum absolute atomic E-state index is 5.89. The van der Waals surface area contributed by atoms with E-state index >= 15 is 0 Å². The van der Waals surface area contributed by atoms with Crippen LogP contribution in [0.5, 0.6) is 11.5 Å². The van der Waals surface area contributed by atoms with Gasteiger partial charge in [0.05, 0.1) is 26.3 Å². The SMILES string of the molecule is CCc1ccc(C2CC(c3ccc(OC)c(OC)c3)n3nc(N)nc3N2)cc1. The summed E-state index contributed by atoms with van der Waals surface area (Å²) < 4.78 is 12.7. The zero-order valence-electron chi connectivity index (χ0n) is 16.3. The smallest absolute Gasteiger partial charge is 0.241 e. The number of nitrogens with one attached hydrogen (secondary N) is 1. The Morgan fingerprint density at radius 3 is 2.46 bits per heavy atom. The quantitative estimate of drug-likeness (QED) is 0.704. The van der Waals surface area contributed by atoms with Gasteiger partial charge in [-0.15, -0.1) is 5.10 Å². The highest BCUT2D eigenvalue weighted by Crippen LogP contribution is 2.40. The van der Waals surface area contributed by atoms with Gasteiger partial charge in [0.2, 0.25) is 11.9 Å². The number of hydrogen-bond acceptors (Lipinski definition) is 6. The number of hydrogen-bond donors (Lipinski definition) is 2. The first-order valence-corrected chi connectivity index (χ1v) is 9.42. The van der Waals surface area contributed by atoms with Crippen LogP contribution in [0, 0.1) is 0 Å². The number of aromatic nitrogens is 3. The summed E-state index contributed by atoms with van der Waals surface area (Å²) in [7, 11) is 3.27. The lowest BCUT2D eigenvalue weighted by atomic mass is 9.92. The van der Waals surface area contributed by atoms with Gasteiger partial charge in [-0.2, -0.15) is 4.98 Å². The Morgan fingerprint density at radius 2 is 1.79 bits per heavy atom. The van der Waals surface area contributed by atoms with Gasteiger partial charge >= 0.3 is 0 Å². The van der Waals surface area contributed by atoms with Crippen LogP contribution in [0.1, 0.15) is 42.1 Å². The zero-order chi connectivity index (χ0) is 19.7. The number of nitrogen functional groups attached to an aromatic ring is 1. The van der Waals surface area contributed by atoms with Crippen LogP contribution in [0.25, 0.3) is 0 Å². The summed E-state index contributed by atoms with van der Waals surface area (Å²) in [5, 5.41) is 7.89. The van der Waals surface area contributed by atoms with Gasteiger partial charge < -0.3 is 20.5 Å². The molecule has 0 saturated heterocycles. The first-order chi connectivity index (χ1) is 13.6. The number of nitrogens with zero attached hydrogens (tertiary/aromatic N) is 3. The fourth-order valence-electron chi connectivity index (χ4n) is 3.74. The van der Waals surface area contributed by atoms with Crippen LogP contribution in [-0.4, -0.2) is 29.0 Å². The zero-order valence-corrected chi connectivity index (χ0v) is 16.3. The van der Waals surface area contributed by atoms with Crippen molar-refractivity contribution in [3.05, 3.63) is 59.2 Å². The lowest BCUT2D eigenvalue weighted by Crippen LogP contribution is -2.28. The number of aryl methyl sites for hydroxylation is 1. The molecule has 0 spiro atoms. The molecule has 1 aliphatic rings. The van der Waals surface area contributed by atoms with E-state index in [-0.39, 0.29) is 18.0 Å². The molecular weight excluding hydrogens is 354 g/mol. The topological polar surface area (TPSA) is 87.2 Å². The number of anilines is 2. The molecule has 2 heterocycles. The molecule has 28 heavy (non-hydrogen) atoms. The van der Waals surface area contributed by atoms with Gasteiger partial charge in [-0.1, -0.05) is 37.3 Å². The minimum atomic E-state index is -0.0169. The monoisotopic (exact) mass is 379 g/mol. The summed E-state index contributed by atoms with van der Waals surface area (Å²) in [5.74, 6) is 2.32. The molecule has 3 aromatic rings. The molecule has 1 aliphatic heterocycles. The average molecular weight is 379 g/mol. The van der Waals surface area contributed by atoms with Crippen molar-refractivity contribution in [1.29, 1.82) is 0 Å². The van der Waals surface area contributed by atoms with Crippen molar-refractivity contribution in [3.63, 3.8) is 0 Å². The van der Waals surface area contributed by atoms with E-state index < -0.39 is 0 Å². The Balaban J connectivity index is 1.73. The molecule has 2 aromatic carbocycles. The van der Waals surface area contributed by atoms with Crippen molar-refractivity contribution in [2.45, 2.75) is 31.8 Å². The van der Waals surface area contributed by atoms with Crippen LogP contribution in [-0.2, 0) is 6.42 Å². The highest BCUT2D eigenvalue weighted by Gasteiger charge is 2.31. The average Bonchev–Trinajstić information content (AvgIpc) is 3.12. The first kappa shape index (κ1) is 18.2. The largest absolute Gasteiger partial charge is 0.493 e. The van der Waals surface area contributed by atoms with Crippen LogP contribution in [0.2, 0.25) is 0 Å². The minimum Gasteiger partial charge on any atom is -0.493 e. The molecule has 146 valence electrons. The third kappa shape index (κ3) is 3.24. The van der Waals surface area contributed by atoms with Crippen molar-refractivity contribution in [2.75, 3.05) is 25.3 Å². The molecule has 0 saturated carbocycles.